The van der Waals surface area contributed by atoms with Crippen LogP contribution >= 0.6 is 0 Å². The average molecular weight is 231 g/mol. The molecular weight excluding hydrogens is 218 g/mol. The lowest BCUT2D eigenvalue weighted by atomic mass is 10.2. The number of hydrogen-bond donors (Lipinski definition) is 2. The second-order valence-corrected chi connectivity index (χ2v) is 3.77. The SMILES string of the molecule is NC(C(=O)O)c1cnn(Cc2ccccc2)c1. The number of hydrogen-bond acceptors (Lipinski definition) is 3. The number of nitrogens with two attached hydrogens (primary N) is 1. The Labute approximate surface area is 98.5 Å². The van der Waals surface area contributed by atoms with Gasteiger partial charge >= 0.3 is 5.97 Å². The second-order valence-electron chi connectivity index (χ2n) is 3.77. The van der Waals surface area contributed by atoms with Gasteiger partial charge in [-0.15, -0.1) is 0 Å². The van der Waals surface area contributed by atoms with E-state index in [0.717, 1.165) is 5.56 Å². The number of carboxylic acids is 1. The Hall–Kier alpha value is -2.14. The molecule has 2 aromatic rings. The first kappa shape index (κ1) is 11.3. The summed E-state index contributed by atoms with van der Waals surface area (Å²) < 4.78 is 1.67. The van der Waals surface area contributed by atoms with Crippen molar-refractivity contribution in [2.45, 2.75) is 12.6 Å². The normalized spacial score (nSPS) is 12.3. The highest BCUT2D eigenvalue weighted by atomic mass is 16.4. The molecule has 5 nitrogen and oxygen atoms in total. The molecule has 1 aromatic carbocycles. The van der Waals surface area contributed by atoms with E-state index < -0.39 is 12.0 Å². The Morgan fingerprint density at radius 2 is 2.12 bits per heavy atom. The molecule has 5 heteroatoms. The van der Waals surface area contributed by atoms with Crippen LogP contribution in [0.5, 0.6) is 0 Å². The van der Waals surface area contributed by atoms with Gasteiger partial charge in [-0.25, -0.2) is 0 Å². The van der Waals surface area contributed by atoms with E-state index in [0.29, 0.717) is 12.1 Å². The molecule has 3 N–H and O–H groups in total. The fraction of sp³-hybridized carbons (Fsp3) is 0.167. The van der Waals surface area contributed by atoms with Gasteiger partial charge in [-0.3, -0.25) is 9.48 Å². The van der Waals surface area contributed by atoms with Crippen LogP contribution in [0.1, 0.15) is 17.2 Å². The Kier molecular flexibility index (Phi) is 3.20. The molecule has 88 valence electrons. The third kappa shape index (κ3) is 2.70. The third-order valence-electron chi connectivity index (χ3n) is 2.47. The summed E-state index contributed by atoms with van der Waals surface area (Å²) >= 11 is 0. The van der Waals surface area contributed by atoms with E-state index in [1.165, 1.54) is 6.20 Å². The highest BCUT2D eigenvalue weighted by Crippen LogP contribution is 2.10. The van der Waals surface area contributed by atoms with Crippen molar-refractivity contribution in [3.05, 3.63) is 53.9 Å². The molecule has 1 unspecified atom stereocenters. The first-order valence-electron chi connectivity index (χ1n) is 5.21. The number of carbonyl (C=O) groups is 1. The molecule has 0 bridgehead atoms. The molecule has 0 aliphatic rings. The number of nitrogens with zero attached hydrogens (tertiary/aromatic N) is 2. The van der Waals surface area contributed by atoms with Crippen molar-refractivity contribution in [3.8, 4) is 0 Å². The number of rotatable bonds is 4. The summed E-state index contributed by atoms with van der Waals surface area (Å²) in [5, 5.41) is 12.9. The van der Waals surface area contributed by atoms with Gasteiger partial charge in [0.1, 0.15) is 6.04 Å². The van der Waals surface area contributed by atoms with E-state index in [4.69, 9.17) is 10.8 Å². The van der Waals surface area contributed by atoms with Crippen LogP contribution < -0.4 is 5.73 Å². The Balaban J connectivity index is 2.11. The molecule has 2 rings (SSSR count). The quantitative estimate of drug-likeness (QED) is 0.823. The summed E-state index contributed by atoms with van der Waals surface area (Å²) in [5.74, 6) is -1.05. The molecule has 17 heavy (non-hydrogen) atoms. The van der Waals surface area contributed by atoms with Gasteiger partial charge in [0.25, 0.3) is 0 Å². The summed E-state index contributed by atoms with van der Waals surface area (Å²) in [7, 11) is 0. The first-order valence-corrected chi connectivity index (χ1v) is 5.21. The zero-order chi connectivity index (χ0) is 12.3. The smallest absolute Gasteiger partial charge is 0.325 e. The molecule has 0 saturated heterocycles. The number of carboxylic acid groups (broad SMARTS) is 1. The zero-order valence-electron chi connectivity index (χ0n) is 9.15. The van der Waals surface area contributed by atoms with Crippen molar-refractivity contribution in [3.63, 3.8) is 0 Å². The molecular formula is C12H13N3O2. The molecule has 1 heterocycles. The van der Waals surface area contributed by atoms with Crippen molar-refractivity contribution >= 4 is 5.97 Å². The van der Waals surface area contributed by atoms with Crippen LogP contribution in [0.25, 0.3) is 0 Å². The highest BCUT2D eigenvalue weighted by Gasteiger charge is 2.15. The molecule has 1 atom stereocenters. The summed E-state index contributed by atoms with van der Waals surface area (Å²) in [6.45, 7) is 0.604. The fourth-order valence-electron chi connectivity index (χ4n) is 1.54. The van der Waals surface area contributed by atoms with E-state index in [2.05, 4.69) is 5.10 Å². The molecule has 0 saturated carbocycles. The van der Waals surface area contributed by atoms with E-state index in [1.807, 2.05) is 30.3 Å². The van der Waals surface area contributed by atoms with Crippen LogP contribution in [0.15, 0.2) is 42.7 Å². The Morgan fingerprint density at radius 1 is 1.41 bits per heavy atom. The summed E-state index contributed by atoms with van der Waals surface area (Å²) in [4.78, 5) is 10.7. The molecule has 0 amide bonds. The lowest BCUT2D eigenvalue weighted by Crippen LogP contribution is -2.20. The Morgan fingerprint density at radius 3 is 2.76 bits per heavy atom. The first-order chi connectivity index (χ1) is 8.16. The predicted octanol–water partition coefficient (Wildman–Crippen LogP) is 1.02. The van der Waals surface area contributed by atoms with Gasteiger partial charge in [0, 0.05) is 11.8 Å². The van der Waals surface area contributed by atoms with Crippen molar-refractivity contribution < 1.29 is 9.90 Å². The van der Waals surface area contributed by atoms with E-state index in [1.54, 1.807) is 10.9 Å². The molecule has 0 aliphatic carbocycles. The molecule has 0 fully saturated rings. The standard InChI is InChI=1S/C12H13N3O2/c13-11(12(16)17)10-6-14-15(8-10)7-9-4-2-1-3-5-9/h1-6,8,11H,7,13H2,(H,16,17). The van der Waals surface area contributed by atoms with E-state index >= 15 is 0 Å². The van der Waals surface area contributed by atoms with Crippen LogP contribution in [0.4, 0.5) is 0 Å². The van der Waals surface area contributed by atoms with Gasteiger partial charge in [-0.2, -0.15) is 5.10 Å². The van der Waals surface area contributed by atoms with Crippen molar-refractivity contribution in [2.24, 2.45) is 5.73 Å². The maximum absolute atomic E-state index is 10.7. The summed E-state index contributed by atoms with van der Waals surface area (Å²) in [6.07, 6.45) is 3.15. The molecule has 1 aromatic heterocycles. The second kappa shape index (κ2) is 4.80. The van der Waals surface area contributed by atoms with Crippen LogP contribution in [-0.2, 0) is 11.3 Å². The zero-order valence-corrected chi connectivity index (χ0v) is 9.15. The van der Waals surface area contributed by atoms with Gasteiger partial charge in [0.05, 0.1) is 12.7 Å². The van der Waals surface area contributed by atoms with Crippen LogP contribution in [0, 0.1) is 0 Å². The van der Waals surface area contributed by atoms with Crippen molar-refractivity contribution in [1.29, 1.82) is 0 Å². The number of aliphatic carboxylic acids is 1. The van der Waals surface area contributed by atoms with E-state index in [9.17, 15) is 4.79 Å². The van der Waals surface area contributed by atoms with Gasteiger partial charge in [0.15, 0.2) is 0 Å². The predicted molar refractivity (Wildman–Crippen MR) is 62.3 cm³/mol. The minimum atomic E-state index is -1.05. The minimum Gasteiger partial charge on any atom is -0.480 e. The van der Waals surface area contributed by atoms with Crippen LogP contribution in [-0.4, -0.2) is 20.9 Å². The third-order valence-corrected chi connectivity index (χ3v) is 2.47. The van der Waals surface area contributed by atoms with Crippen LogP contribution in [0.3, 0.4) is 0 Å². The van der Waals surface area contributed by atoms with Gasteiger partial charge < -0.3 is 10.8 Å². The minimum absolute atomic E-state index is 0.508. The van der Waals surface area contributed by atoms with Crippen molar-refractivity contribution in [2.75, 3.05) is 0 Å². The summed E-state index contributed by atoms with van der Waals surface area (Å²) in [6, 6.07) is 8.79. The van der Waals surface area contributed by atoms with Gasteiger partial charge in [0.2, 0.25) is 0 Å². The largest absolute Gasteiger partial charge is 0.480 e. The maximum atomic E-state index is 10.7. The molecule has 0 aliphatic heterocycles. The number of aromatic nitrogens is 2. The lowest BCUT2D eigenvalue weighted by Gasteiger charge is -2.02. The lowest BCUT2D eigenvalue weighted by molar-refractivity contribution is -0.138. The average Bonchev–Trinajstić information content (AvgIpc) is 2.77. The van der Waals surface area contributed by atoms with Crippen molar-refractivity contribution in [1.82, 2.24) is 9.78 Å². The van der Waals surface area contributed by atoms with Gasteiger partial charge in [-0.05, 0) is 5.56 Å². The summed E-state index contributed by atoms with van der Waals surface area (Å²) in [5.41, 5.74) is 7.10. The van der Waals surface area contributed by atoms with E-state index in [-0.39, 0.29) is 0 Å². The molecule has 0 radical (unpaired) electrons. The number of benzene rings is 1. The maximum Gasteiger partial charge on any atom is 0.325 e. The Bertz CT molecular complexity index is 507. The van der Waals surface area contributed by atoms with Crippen LogP contribution in [0.2, 0.25) is 0 Å². The topological polar surface area (TPSA) is 81.1 Å². The monoisotopic (exact) mass is 231 g/mol. The fourth-order valence-corrected chi connectivity index (χ4v) is 1.54. The highest BCUT2D eigenvalue weighted by molar-refractivity contribution is 5.74. The molecule has 0 spiro atoms. The van der Waals surface area contributed by atoms with Gasteiger partial charge in [-0.1, -0.05) is 30.3 Å².